The first-order chi connectivity index (χ1) is 14.7. The highest BCUT2D eigenvalue weighted by Crippen LogP contribution is 2.28. The van der Waals surface area contributed by atoms with Gasteiger partial charge in [0.25, 0.3) is 0 Å². The van der Waals surface area contributed by atoms with Crippen LogP contribution in [0.25, 0.3) is 10.8 Å². The molecule has 0 radical (unpaired) electrons. The summed E-state index contributed by atoms with van der Waals surface area (Å²) in [6.07, 6.45) is 2.32. The molecule has 0 bridgehead atoms. The van der Waals surface area contributed by atoms with E-state index in [1.54, 1.807) is 42.2 Å². The monoisotopic (exact) mass is 463 g/mol. The number of halogens is 1. The molecule has 2 amide bonds. The van der Waals surface area contributed by atoms with Gasteiger partial charge >= 0.3 is 0 Å². The Balaban J connectivity index is 1.53. The van der Waals surface area contributed by atoms with Gasteiger partial charge in [0, 0.05) is 31.7 Å². The first kappa shape index (κ1) is 22.0. The average Bonchev–Trinajstić information content (AvgIpc) is 3.41. The third kappa shape index (κ3) is 4.04. The summed E-state index contributed by atoms with van der Waals surface area (Å²) in [5.74, 6) is -0.385. The smallest absolute Gasteiger partial charge is 0.245 e. The van der Waals surface area contributed by atoms with Gasteiger partial charge < -0.3 is 9.80 Å². The number of likely N-dealkylation sites (N-methyl/N-ethyl adjacent to an activating group) is 1. The van der Waals surface area contributed by atoms with Crippen LogP contribution in [-0.2, 0) is 19.6 Å². The minimum Gasteiger partial charge on any atom is -0.341 e. The minimum atomic E-state index is -3.88. The SMILES string of the molecule is C[C@@H](C(=O)N1CCCC1)N1CC[C@H](N(C)S(=O)(=O)c2ccc3cc(Cl)ccc3c2)C1=O. The molecule has 2 aromatic rings. The van der Waals surface area contributed by atoms with Gasteiger partial charge in [0.05, 0.1) is 4.90 Å². The molecule has 2 aromatic carbocycles. The van der Waals surface area contributed by atoms with Crippen LogP contribution in [0.2, 0.25) is 5.02 Å². The number of benzene rings is 2. The molecule has 2 aliphatic heterocycles. The predicted octanol–water partition coefficient (Wildman–Crippen LogP) is 2.73. The minimum absolute atomic E-state index is 0.0646. The van der Waals surface area contributed by atoms with E-state index in [0.29, 0.717) is 18.0 Å². The summed E-state index contributed by atoms with van der Waals surface area (Å²) < 4.78 is 27.6. The van der Waals surface area contributed by atoms with E-state index < -0.39 is 22.1 Å². The summed E-state index contributed by atoms with van der Waals surface area (Å²) in [5, 5.41) is 2.17. The normalized spacial score (nSPS) is 20.8. The van der Waals surface area contributed by atoms with Gasteiger partial charge in [-0.25, -0.2) is 8.42 Å². The van der Waals surface area contributed by atoms with Crippen molar-refractivity contribution in [3.8, 4) is 0 Å². The zero-order chi connectivity index (χ0) is 22.3. The summed E-state index contributed by atoms with van der Waals surface area (Å²) >= 11 is 6.01. The Hall–Kier alpha value is -2.16. The third-order valence-electron chi connectivity index (χ3n) is 6.34. The highest BCUT2D eigenvalue weighted by atomic mass is 35.5. The predicted molar refractivity (Wildman–Crippen MR) is 119 cm³/mol. The Morgan fingerprint density at radius 3 is 2.45 bits per heavy atom. The fraction of sp³-hybridized carbons (Fsp3) is 0.455. The van der Waals surface area contributed by atoms with Crippen LogP contribution in [0.4, 0.5) is 0 Å². The molecular formula is C22H26ClN3O4S. The Labute approximate surface area is 187 Å². The number of likely N-dealkylation sites (tertiary alicyclic amines) is 2. The standard InChI is InChI=1S/C22H26ClN3O4S/c1-15(21(27)25-10-3-4-11-25)26-12-9-20(22(26)28)24(2)31(29,30)19-8-6-16-13-18(23)7-5-17(16)14-19/h5-8,13-15,20H,3-4,9-12H2,1-2H3/t15-,20-/m0/s1. The molecular weight excluding hydrogens is 438 g/mol. The molecule has 0 unspecified atom stereocenters. The number of carbonyl (C=O) groups excluding carboxylic acids is 2. The van der Waals surface area contributed by atoms with Crippen LogP contribution < -0.4 is 0 Å². The number of nitrogens with zero attached hydrogens (tertiary/aromatic N) is 3. The van der Waals surface area contributed by atoms with Crippen molar-refractivity contribution in [3.63, 3.8) is 0 Å². The molecule has 0 N–H and O–H groups in total. The van der Waals surface area contributed by atoms with Crippen LogP contribution in [0.3, 0.4) is 0 Å². The lowest BCUT2D eigenvalue weighted by atomic mass is 10.1. The molecule has 4 rings (SSSR count). The van der Waals surface area contributed by atoms with Crippen LogP contribution in [0, 0.1) is 0 Å². The highest BCUT2D eigenvalue weighted by Gasteiger charge is 2.43. The molecule has 31 heavy (non-hydrogen) atoms. The molecule has 0 aliphatic carbocycles. The van der Waals surface area contributed by atoms with Crippen molar-refractivity contribution in [1.82, 2.24) is 14.1 Å². The average molecular weight is 464 g/mol. The summed E-state index contributed by atoms with van der Waals surface area (Å²) in [6, 6.07) is 8.67. The second kappa shape index (κ2) is 8.41. The van der Waals surface area contributed by atoms with E-state index in [9.17, 15) is 18.0 Å². The number of hydrogen-bond donors (Lipinski definition) is 0. The summed E-state index contributed by atoms with van der Waals surface area (Å²) in [5.41, 5.74) is 0. The third-order valence-corrected chi connectivity index (χ3v) is 8.44. The lowest BCUT2D eigenvalue weighted by molar-refractivity contribution is -0.143. The van der Waals surface area contributed by atoms with E-state index in [-0.39, 0.29) is 16.7 Å². The van der Waals surface area contributed by atoms with E-state index in [1.807, 2.05) is 0 Å². The van der Waals surface area contributed by atoms with E-state index >= 15 is 0 Å². The van der Waals surface area contributed by atoms with Crippen molar-refractivity contribution in [2.24, 2.45) is 0 Å². The van der Waals surface area contributed by atoms with Crippen LogP contribution in [0.1, 0.15) is 26.2 Å². The molecule has 0 saturated carbocycles. The molecule has 2 heterocycles. The van der Waals surface area contributed by atoms with Gasteiger partial charge in [-0.15, -0.1) is 0 Å². The first-order valence-corrected chi connectivity index (χ1v) is 12.3. The topological polar surface area (TPSA) is 78.0 Å². The number of sulfonamides is 1. The van der Waals surface area contributed by atoms with Gasteiger partial charge in [0.1, 0.15) is 12.1 Å². The van der Waals surface area contributed by atoms with Crippen LogP contribution >= 0.6 is 11.6 Å². The summed E-state index contributed by atoms with van der Waals surface area (Å²) in [6.45, 7) is 3.52. The molecule has 9 heteroatoms. The lowest BCUT2D eigenvalue weighted by Crippen LogP contribution is -2.50. The van der Waals surface area contributed by atoms with E-state index in [2.05, 4.69) is 0 Å². The molecule has 0 aromatic heterocycles. The van der Waals surface area contributed by atoms with Crippen molar-refractivity contribution >= 4 is 44.2 Å². The van der Waals surface area contributed by atoms with Crippen LogP contribution in [0.5, 0.6) is 0 Å². The van der Waals surface area contributed by atoms with Crippen molar-refractivity contribution in [2.75, 3.05) is 26.7 Å². The van der Waals surface area contributed by atoms with Gasteiger partial charge in [0.15, 0.2) is 0 Å². The van der Waals surface area contributed by atoms with Crippen molar-refractivity contribution in [3.05, 3.63) is 41.4 Å². The Bertz CT molecular complexity index is 1130. The highest BCUT2D eigenvalue weighted by molar-refractivity contribution is 7.89. The fourth-order valence-corrected chi connectivity index (χ4v) is 5.99. The Kier molecular flexibility index (Phi) is 5.98. The largest absolute Gasteiger partial charge is 0.341 e. The maximum atomic E-state index is 13.2. The van der Waals surface area contributed by atoms with Crippen LogP contribution in [0.15, 0.2) is 41.3 Å². The summed E-state index contributed by atoms with van der Waals surface area (Å²) in [7, 11) is -2.45. The van der Waals surface area contributed by atoms with Crippen molar-refractivity contribution in [2.45, 2.75) is 43.2 Å². The number of amides is 2. The second-order valence-electron chi connectivity index (χ2n) is 8.22. The number of hydrogen-bond acceptors (Lipinski definition) is 4. The van der Waals surface area contributed by atoms with E-state index in [4.69, 9.17) is 11.6 Å². The van der Waals surface area contributed by atoms with Gasteiger partial charge in [-0.1, -0.05) is 23.7 Å². The van der Waals surface area contributed by atoms with Gasteiger partial charge in [-0.3, -0.25) is 9.59 Å². The van der Waals surface area contributed by atoms with Crippen molar-refractivity contribution in [1.29, 1.82) is 0 Å². The molecule has 2 fully saturated rings. The molecule has 7 nitrogen and oxygen atoms in total. The maximum absolute atomic E-state index is 13.2. The van der Waals surface area contributed by atoms with Crippen LogP contribution in [-0.4, -0.2) is 73.1 Å². The molecule has 0 spiro atoms. The molecule has 2 saturated heterocycles. The Morgan fingerprint density at radius 1 is 1.10 bits per heavy atom. The Morgan fingerprint density at radius 2 is 1.74 bits per heavy atom. The second-order valence-corrected chi connectivity index (χ2v) is 10.7. The molecule has 2 aliphatic rings. The maximum Gasteiger partial charge on any atom is 0.245 e. The number of rotatable bonds is 5. The van der Waals surface area contributed by atoms with Gasteiger partial charge in [0.2, 0.25) is 21.8 Å². The molecule has 2 atom stereocenters. The lowest BCUT2D eigenvalue weighted by Gasteiger charge is -2.29. The summed E-state index contributed by atoms with van der Waals surface area (Å²) in [4.78, 5) is 29.2. The zero-order valence-electron chi connectivity index (χ0n) is 17.6. The zero-order valence-corrected chi connectivity index (χ0v) is 19.2. The molecule has 166 valence electrons. The van der Waals surface area contributed by atoms with E-state index in [0.717, 1.165) is 41.0 Å². The number of carbonyl (C=O) groups is 2. The van der Waals surface area contributed by atoms with E-state index in [1.165, 1.54) is 18.0 Å². The quantitative estimate of drug-likeness (QED) is 0.683. The van der Waals surface area contributed by atoms with Gasteiger partial charge in [-0.2, -0.15) is 4.31 Å². The van der Waals surface area contributed by atoms with Crippen molar-refractivity contribution < 1.29 is 18.0 Å². The fourth-order valence-electron chi connectivity index (χ4n) is 4.43. The number of fused-ring (bicyclic) bond motifs is 1. The first-order valence-electron chi connectivity index (χ1n) is 10.5. The van der Waals surface area contributed by atoms with Gasteiger partial charge in [-0.05, 0) is 61.2 Å².